The molecule has 0 rings (SSSR count). The van der Waals surface area contributed by atoms with E-state index in [9.17, 15) is 0 Å². The van der Waals surface area contributed by atoms with Gasteiger partial charge < -0.3 is 4.18 Å². The molecule has 1 nitrogen and oxygen atoms in total. The molecule has 0 aliphatic heterocycles. The lowest BCUT2D eigenvalue weighted by Crippen LogP contribution is -1.86. The Kier molecular flexibility index (Phi) is 4.60. The topological polar surface area (TPSA) is 9.23 Å². The van der Waals surface area contributed by atoms with Crippen LogP contribution in [0.3, 0.4) is 0 Å². The van der Waals surface area contributed by atoms with Gasteiger partial charge in [0.05, 0.1) is 6.61 Å². The van der Waals surface area contributed by atoms with E-state index in [1.807, 2.05) is 6.92 Å². The van der Waals surface area contributed by atoms with Gasteiger partial charge in [0.1, 0.15) is 0 Å². The van der Waals surface area contributed by atoms with Gasteiger partial charge in [-0.3, -0.25) is 0 Å². The van der Waals surface area contributed by atoms with Gasteiger partial charge in [0.2, 0.25) is 0 Å². The van der Waals surface area contributed by atoms with Crippen molar-refractivity contribution >= 4 is 21.8 Å². The average Bonchev–Trinajstić information content (AvgIpc) is 1.61. The Morgan fingerprint density at radius 3 is 2.71 bits per heavy atom. The Hall–Kier alpha value is 0.270. The van der Waals surface area contributed by atoms with E-state index in [2.05, 4.69) is 17.8 Å². The molecule has 0 aromatic rings. The Labute approximate surface area is 52.2 Å². The van der Waals surface area contributed by atoms with E-state index in [4.69, 9.17) is 4.18 Å². The second-order valence-corrected chi connectivity index (χ2v) is 2.16. The lowest BCUT2D eigenvalue weighted by Gasteiger charge is -1.90. The Bertz CT molecular complexity index is 79.8. The van der Waals surface area contributed by atoms with Crippen LogP contribution in [0.2, 0.25) is 0 Å². The maximum Gasteiger partial charge on any atom is 0.0819 e. The largest absolute Gasteiger partial charge is 0.311 e. The first-order valence-electron chi connectivity index (χ1n) is 1.86. The van der Waals surface area contributed by atoms with E-state index in [-0.39, 0.29) is 0 Å². The van der Waals surface area contributed by atoms with Crippen molar-refractivity contribution in [2.75, 3.05) is 6.61 Å². The second-order valence-electron chi connectivity index (χ2n) is 1.31. The highest BCUT2D eigenvalue weighted by atomic mass is 32.8. The Morgan fingerprint density at radius 1 is 2.00 bits per heavy atom. The minimum atomic E-state index is 0.563. The summed E-state index contributed by atoms with van der Waals surface area (Å²) in [5, 5.41) is 0. The van der Waals surface area contributed by atoms with Gasteiger partial charge in [-0.2, -0.15) is 0 Å². The Balaban J connectivity index is 2.97. The van der Waals surface area contributed by atoms with Crippen LogP contribution in [0.25, 0.3) is 0 Å². The second kappa shape index (κ2) is 4.43. The van der Waals surface area contributed by atoms with Crippen LogP contribution >= 0.6 is 0 Å². The van der Waals surface area contributed by atoms with E-state index in [1.165, 1.54) is 0 Å². The Morgan fingerprint density at radius 2 is 2.57 bits per heavy atom. The van der Waals surface area contributed by atoms with E-state index in [0.717, 1.165) is 5.57 Å². The monoisotopic (exact) mass is 136 g/mol. The molecule has 0 aliphatic rings. The number of hydrogen-bond donors (Lipinski definition) is 1. The summed E-state index contributed by atoms with van der Waals surface area (Å²) in [6, 6.07) is 0. The first kappa shape index (κ1) is 7.27. The molecule has 0 aromatic carbocycles. The molecule has 0 N–H and O–H groups in total. The fourth-order valence-electron chi connectivity index (χ4n) is 0.137. The van der Waals surface area contributed by atoms with Crippen molar-refractivity contribution in [3.63, 3.8) is 0 Å². The van der Waals surface area contributed by atoms with Crippen LogP contribution < -0.4 is 0 Å². The van der Waals surface area contributed by atoms with Crippen LogP contribution in [0.5, 0.6) is 0 Å². The first-order chi connectivity index (χ1) is 3.27. The predicted octanol–water partition coefficient (Wildman–Crippen LogP) is 0.771. The average molecular weight is 136 g/mol. The van der Waals surface area contributed by atoms with E-state index < -0.39 is 0 Å². The van der Waals surface area contributed by atoms with Gasteiger partial charge in [-0.15, -0.1) is 0 Å². The fourth-order valence-corrected chi connectivity index (χ4v) is 0.568. The normalized spacial score (nSPS) is 8.71. The molecular weight excluding hydrogens is 128 g/mol. The molecule has 0 aliphatic carbocycles. The smallest absolute Gasteiger partial charge is 0.0819 e. The van der Waals surface area contributed by atoms with Gasteiger partial charge in [-0.25, -0.2) is 0 Å². The van der Waals surface area contributed by atoms with Crippen LogP contribution in [-0.2, 0) is 26.0 Å². The van der Waals surface area contributed by atoms with E-state index >= 15 is 0 Å². The molecule has 0 unspecified atom stereocenters. The van der Waals surface area contributed by atoms with Crippen molar-refractivity contribution in [1.82, 2.24) is 0 Å². The van der Waals surface area contributed by atoms with Crippen LogP contribution in [0, 0.1) is 0 Å². The molecule has 0 amide bonds. The highest BCUT2D eigenvalue weighted by Crippen LogP contribution is 1.84. The lowest BCUT2D eigenvalue weighted by atomic mass is 10.4. The van der Waals surface area contributed by atoms with Gasteiger partial charge in [-0.1, -0.05) is 12.2 Å². The summed E-state index contributed by atoms with van der Waals surface area (Å²) in [7, 11) is 0.563. The maximum atomic E-state index is 4.78. The molecule has 0 atom stereocenters. The summed E-state index contributed by atoms with van der Waals surface area (Å²) in [4.78, 5) is 0. The summed E-state index contributed by atoms with van der Waals surface area (Å²) in [6.45, 7) is 6.11. The molecule has 0 saturated carbocycles. The first-order valence-corrected chi connectivity index (χ1v) is 3.69. The summed E-state index contributed by atoms with van der Waals surface area (Å²) in [5.41, 5.74) is 1.01. The van der Waals surface area contributed by atoms with Crippen molar-refractivity contribution in [1.29, 1.82) is 0 Å². The quantitative estimate of drug-likeness (QED) is 0.453. The molecule has 7 heavy (non-hydrogen) atoms. The SMILES string of the molecule is C=C(C)CO[SH]=S. The van der Waals surface area contributed by atoms with Crippen molar-refractivity contribution in [3.8, 4) is 0 Å². The van der Waals surface area contributed by atoms with Crippen LogP contribution in [0.4, 0.5) is 0 Å². The highest BCUT2D eigenvalue weighted by Gasteiger charge is 1.78. The molecule has 42 valence electrons. The number of rotatable bonds is 3. The third kappa shape index (κ3) is 6.27. The van der Waals surface area contributed by atoms with Gasteiger partial charge >= 0.3 is 0 Å². The summed E-state index contributed by atoms with van der Waals surface area (Å²) in [5.74, 6) is 0. The molecular formula is C4H8OS2. The highest BCUT2D eigenvalue weighted by molar-refractivity contribution is 8.15. The van der Waals surface area contributed by atoms with Gasteiger partial charge in [-0.05, 0) is 28.7 Å². The van der Waals surface area contributed by atoms with Gasteiger partial charge in [0.15, 0.2) is 0 Å². The third-order valence-corrected chi connectivity index (χ3v) is 0.914. The molecule has 0 fully saturated rings. The number of thiol groups is 1. The third-order valence-electron chi connectivity index (χ3n) is 0.364. The fraction of sp³-hybridized carbons (Fsp3) is 0.500. The molecule has 0 aromatic heterocycles. The molecule has 0 heterocycles. The van der Waals surface area contributed by atoms with Crippen LogP contribution in [0.15, 0.2) is 12.2 Å². The van der Waals surface area contributed by atoms with E-state index in [0.29, 0.717) is 17.2 Å². The molecule has 0 saturated heterocycles. The van der Waals surface area contributed by atoms with Crippen molar-refractivity contribution < 1.29 is 4.18 Å². The zero-order chi connectivity index (χ0) is 5.70. The molecule has 0 bridgehead atoms. The van der Waals surface area contributed by atoms with Crippen molar-refractivity contribution in [2.45, 2.75) is 6.92 Å². The molecule has 3 heteroatoms. The molecule has 0 radical (unpaired) electrons. The summed E-state index contributed by atoms with van der Waals surface area (Å²) in [6.07, 6.45) is 0. The van der Waals surface area contributed by atoms with Crippen molar-refractivity contribution in [3.05, 3.63) is 12.2 Å². The summed E-state index contributed by atoms with van der Waals surface area (Å²) < 4.78 is 4.78. The lowest BCUT2D eigenvalue weighted by molar-refractivity contribution is 0.420. The van der Waals surface area contributed by atoms with Crippen LogP contribution in [-0.4, -0.2) is 6.61 Å². The maximum absolute atomic E-state index is 4.78. The minimum absolute atomic E-state index is 0.563. The minimum Gasteiger partial charge on any atom is -0.311 e. The number of hydrogen-bond acceptors (Lipinski definition) is 2. The summed E-state index contributed by atoms with van der Waals surface area (Å²) >= 11 is 4.48. The standard InChI is InChI=1S/C4H8OS2/c1-4(2)3-5-7-6/h7H,1,3H2,2H3. The zero-order valence-corrected chi connectivity index (χ0v) is 5.89. The predicted molar refractivity (Wildman–Crippen MR) is 36.9 cm³/mol. The van der Waals surface area contributed by atoms with Crippen LogP contribution in [0.1, 0.15) is 6.92 Å². The van der Waals surface area contributed by atoms with Gasteiger partial charge in [0, 0.05) is 0 Å². The zero-order valence-electron chi connectivity index (χ0n) is 4.18. The molecule has 0 spiro atoms. The van der Waals surface area contributed by atoms with E-state index in [1.54, 1.807) is 0 Å². The van der Waals surface area contributed by atoms with Gasteiger partial charge in [0.25, 0.3) is 0 Å². The van der Waals surface area contributed by atoms with Crippen molar-refractivity contribution in [2.24, 2.45) is 0 Å².